The van der Waals surface area contributed by atoms with E-state index in [1.54, 1.807) is 0 Å². The van der Waals surface area contributed by atoms with Crippen molar-refractivity contribution in [2.75, 3.05) is 13.2 Å². The first-order chi connectivity index (χ1) is 7.33. The first-order valence-corrected chi connectivity index (χ1v) is 6.00. The monoisotopic (exact) mass is 228 g/mol. The third kappa shape index (κ3) is 2.34. The van der Waals surface area contributed by atoms with E-state index in [2.05, 4.69) is 16.5 Å². The Labute approximate surface area is 95.4 Å². The van der Waals surface area contributed by atoms with Crippen molar-refractivity contribution in [3.05, 3.63) is 18.2 Å². The van der Waals surface area contributed by atoms with Gasteiger partial charge in [-0.15, -0.1) is 11.6 Å². The fraction of sp³-hybridized carbons (Fsp3) is 0.727. The smallest absolute Gasteiger partial charge is 0.0951 e. The number of ether oxygens (including phenoxy) is 1. The molecule has 1 aromatic heterocycles. The summed E-state index contributed by atoms with van der Waals surface area (Å²) >= 11 is 5.86. The van der Waals surface area contributed by atoms with Crippen molar-refractivity contribution in [1.29, 1.82) is 0 Å². The quantitative estimate of drug-likeness (QED) is 0.744. The van der Waals surface area contributed by atoms with Crippen LogP contribution < -0.4 is 0 Å². The summed E-state index contributed by atoms with van der Waals surface area (Å²) in [4.78, 5) is 4.15. The highest BCUT2D eigenvalue weighted by atomic mass is 35.5. The van der Waals surface area contributed by atoms with Gasteiger partial charge in [-0.05, 0) is 19.8 Å². The number of aromatic nitrogens is 2. The second-order valence-corrected chi connectivity index (χ2v) is 4.41. The van der Waals surface area contributed by atoms with E-state index in [9.17, 15) is 0 Å². The summed E-state index contributed by atoms with van der Waals surface area (Å²) < 4.78 is 7.68. The van der Waals surface area contributed by atoms with Gasteiger partial charge in [-0.1, -0.05) is 0 Å². The Balaban J connectivity index is 2.08. The molecule has 0 N–H and O–H groups in total. The molecular formula is C11H17ClN2O. The number of halogens is 1. The molecule has 2 rings (SSSR count). The van der Waals surface area contributed by atoms with Crippen molar-refractivity contribution >= 4 is 11.6 Å². The van der Waals surface area contributed by atoms with E-state index in [4.69, 9.17) is 16.3 Å². The summed E-state index contributed by atoms with van der Waals surface area (Å²) in [7, 11) is 0. The molecular weight excluding hydrogens is 212 g/mol. The van der Waals surface area contributed by atoms with Gasteiger partial charge in [-0.25, -0.2) is 4.98 Å². The fourth-order valence-electron chi connectivity index (χ4n) is 2.18. The maximum absolute atomic E-state index is 5.86. The molecule has 2 heterocycles. The van der Waals surface area contributed by atoms with Gasteiger partial charge in [0.1, 0.15) is 0 Å². The van der Waals surface area contributed by atoms with Crippen LogP contribution >= 0.6 is 11.6 Å². The van der Waals surface area contributed by atoms with E-state index in [1.807, 2.05) is 12.5 Å². The molecule has 1 fully saturated rings. The number of hydrogen-bond acceptors (Lipinski definition) is 2. The van der Waals surface area contributed by atoms with E-state index < -0.39 is 0 Å². The van der Waals surface area contributed by atoms with Crippen molar-refractivity contribution in [1.82, 2.24) is 9.55 Å². The topological polar surface area (TPSA) is 27.1 Å². The van der Waals surface area contributed by atoms with E-state index in [0.29, 0.717) is 17.8 Å². The van der Waals surface area contributed by atoms with E-state index in [0.717, 1.165) is 18.9 Å². The summed E-state index contributed by atoms with van der Waals surface area (Å²) in [6.07, 6.45) is 6.12. The van der Waals surface area contributed by atoms with Gasteiger partial charge in [0, 0.05) is 24.8 Å². The second kappa shape index (κ2) is 4.99. The van der Waals surface area contributed by atoms with Crippen LogP contribution in [0.15, 0.2) is 12.5 Å². The Morgan fingerprint density at radius 2 is 2.60 bits per heavy atom. The first-order valence-electron chi connectivity index (χ1n) is 5.47. The molecule has 2 unspecified atom stereocenters. The Morgan fingerprint density at radius 1 is 1.73 bits per heavy atom. The van der Waals surface area contributed by atoms with Crippen LogP contribution in [-0.2, 0) is 10.6 Å². The minimum absolute atomic E-state index is 0.432. The van der Waals surface area contributed by atoms with Crippen LogP contribution in [0.5, 0.6) is 0 Å². The van der Waals surface area contributed by atoms with Gasteiger partial charge < -0.3 is 9.30 Å². The highest BCUT2D eigenvalue weighted by molar-refractivity contribution is 6.16. The predicted molar refractivity (Wildman–Crippen MR) is 60.0 cm³/mol. The average Bonchev–Trinajstić information content (AvgIpc) is 2.77. The number of nitrogens with zero attached hydrogens (tertiary/aromatic N) is 2. The summed E-state index contributed by atoms with van der Waals surface area (Å²) in [6.45, 7) is 3.99. The standard InChI is InChI=1S/C11H17ClN2O/c1-9(10-3-2-4-15-7-10)14-8-13-6-11(14)5-12/h6,8-10H,2-5,7H2,1H3. The average molecular weight is 229 g/mol. The lowest BCUT2D eigenvalue weighted by atomic mass is 9.95. The molecule has 0 aromatic carbocycles. The van der Waals surface area contributed by atoms with Crippen LogP contribution in [0.3, 0.4) is 0 Å². The third-order valence-corrected chi connectivity index (χ3v) is 3.47. The predicted octanol–water partition coefficient (Wildman–Crippen LogP) is 2.61. The van der Waals surface area contributed by atoms with Crippen molar-refractivity contribution in [2.24, 2.45) is 5.92 Å². The van der Waals surface area contributed by atoms with Gasteiger partial charge in [0.2, 0.25) is 0 Å². The zero-order chi connectivity index (χ0) is 10.7. The summed E-state index contributed by atoms with van der Waals surface area (Å²) in [5.41, 5.74) is 1.09. The zero-order valence-electron chi connectivity index (χ0n) is 9.03. The molecule has 84 valence electrons. The molecule has 0 aliphatic carbocycles. The number of alkyl halides is 1. The van der Waals surface area contributed by atoms with E-state index in [-0.39, 0.29) is 0 Å². The molecule has 4 heteroatoms. The minimum Gasteiger partial charge on any atom is -0.381 e. The molecule has 0 bridgehead atoms. The highest BCUT2D eigenvalue weighted by Crippen LogP contribution is 2.27. The number of rotatable bonds is 3. The second-order valence-electron chi connectivity index (χ2n) is 4.14. The Bertz CT molecular complexity index is 307. The SMILES string of the molecule is CC(C1CCCOC1)n1cncc1CCl. The Kier molecular flexibility index (Phi) is 3.65. The van der Waals surface area contributed by atoms with Gasteiger partial charge in [-0.2, -0.15) is 0 Å². The maximum Gasteiger partial charge on any atom is 0.0951 e. The lowest BCUT2D eigenvalue weighted by Gasteiger charge is -2.29. The van der Waals surface area contributed by atoms with Gasteiger partial charge >= 0.3 is 0 Å². The molecule has 0 radical (unpaired) electrons. The summed E-state index contributed by atoms with van der Waals surface area (Å²) in [5.74, 6) is 1.12. The molecule has 3 nitrogen and oxygen atoms in total. The summed E-state index contributed by atoms with van der Waals surface area (Å²) in [6, 6.07) is 0.432. The first kappa shape index (κ1) is 11.0. The molecule has 0 saturated carbocycles. The molecule has 0 spiro atoms. The fourth-order valence-corrected chi connectivity index (χ4v) is 2.38. The van der Waals surface area contributed by atoms with Gasteiger partial charge in [0.15, 0.2) is 0 Å². The Hall–Kier alpha value is -0.540. The van der Waals surface area contributed by atoms with Gasteiger partial charge in [0.05, 0.1) is 24.5 Å². The van der Waals surface area contributed by atoms with Gasteiger partial charge in [0.25, 0.3) is 0 Å². The van der Waals surface area contributed by atoms with Crippen molar-refractivity contribution < 1.29 is 4.74 Å². The maximum atomic E-state index is 5.86. The molecule has 1 aromatic rings. The van der Waals surface area contributed by atoms with Crippen molar-refractivity contribution in [2.45, 2.75) is 31.7 Å². The normalized spacial score (nSPS) is 24.0. The third-order valence-electron chi connectivity index (χ3n) is 3.20. The zero-order valence-corrected chi connectivity index (χ0v) is 9.78. The number of hydrogen-bond donors (Lipinski definition) is 0. The van der Waals surface area contributed by atoms with Gasteiger partial charge in [-0.3, -0.25) is 0 Å². The molecule has 1 aliphatic rings. The summed E-state index contributed by atoms with van der Waals surface area (Å²) in [5, 5.41) is 0. The van der Waals surface area contributed by atoms with Crippen LogP contribution in [0.1, 0.15) is 31.5 Å². The van der Waals surface area contributed by atoms with E-state index >= 15 is 0 Å². The largest absolute Gasteiger partial charge is 0.381 e. The minimum atomic E-state index is 0.432. The van der Waals surface area contributed by atoms with Crippen molar-refractivity contribution in [3.8, 4) is 0 Å². The molecule has 1 aliphatic heterocycles. The molecule has 2 atom stereocenters. The lowest BCUT2D eigenvalue weighted by molar-refractivity contribution is 0.0360. The molecule has 0 amide bonds. The molecule has 15 heavy (non-hydrogen) atoms. The van der Waals surface area contributed by atoms with Crippen LogP contribution in [0.4, 0.5) is 0 Å². The van der Waals surface area contributed by atoms with Crippen LogP contribution in [0, 0.1) is 5.92 Å². The van der Waals surface area contributed by atoms with Crippen LogP contribution in [-0.4, -0.2) is 22.8 Å². The van der Waals surface area contributed by atoms with E-state index in [1.165, 1.54) is 12.8 Å². The lowest BCUT2D eigenvalue weighted by Crippen LogP contribution is -2.26. The van der Waals surface area contributed by atoms with Crippen molar-refractivity contribution in [3.63, 3.8) is 0 Å². The van der Waals surface area contributed by atoms with Crippen LogP contribution in [0.2, 0.25) is 0 Å². The Morgan fingerprint density at radius 3 is 3.27 bits per heavy atom. The highest BCUT2D eigenvalue weighted by Gasteiger charge is 2.22. The molecule has 1 saturated heterocycles. The van der Waals surface area contributed by atoms with Crippen LogP contribution in [0.25, 0.3) is 0 Å². The number of imidazole rings is 1.